The van der Waals surface area contributed by atoms with Gasteiger partial charge in [-0.1, -0.05) is 19.1 Å². The van der Waals surface area contributed by atoms with Crippen molar-refractivity contribution in [2.45, 2.75) is 20.3 Å². The lowest BCUT2D eigenvalue weighted by atomic mass is 10.1. The van der Waals surface area contributed by atoms with Gasteiger partial charge in [-0.2, -0.15) is 0 Å². The minimum Gasteiger partial charge on any atom is -0.364 e. The van der Waals surface area contributed by atoms with Gasteiger partial charge in [-0.15, -0.1) is 0 Å². The van der Waals surface area contributed by atoms with Crippen LogP contribution in [0.1, 0.15) is 28.5 Å². The minimum absolute atomic E-state index is 0.118. The van der Waals surface area contributed by atoms with E-state index in [0.29, 0.717) is 5.69 Å². The lowest BCUT2D eigenvalue weighted by Crippen LogP contribution is -2.21. The molecule has 19 heavy (non-hydrogen) atoms. The van der Waals surface area contributed by atoms with Gasteiger partial charge < -0.3 is 10.3 Å². The zero-order valence-electron chi connectivity index (χ0n) is 11.0. The zero-order valence-corrected chi connectivity index (χ0v) is 11.0. The van der Waals surface area contributed by atoms with Crippen molar-refractivity contribution >= 4 is 11.6 Å². The Balaban J connectivity index is 2.23. The number of pyridine rings is 1. The smallest absolute Gasteiger partial charge is 0.261 e. The fraction of sp³-hybridized carbons (Fsp3) is 0.200. The van der Waals surface area contributed by atoms with E-state index in [2.05, 4.69) is 10.3 Å². The van der Waals surface area contributed by atoms with Crippen molar-refractivity contribution in [2.75, 3.05) is 5.32 Å². The highest BCUT2D eigenvalue weighted by atomic mass is 16.2. The molecule has 1 heterocycles. The largest absolute Gasteiger partial charge is 0.364 e. The first-order valence-corrected chi connectivity index (χ1v) is 6.19. The Morgan fingerprint density at radius 1 is 1.32 bits per heavy atom. The van der Waals surface area contributed by atoms with Crippen LogP contribution >= 0.6 is 0 Å². The van der Waals surface area contributed by atoms with Crippen LogP contribution in [-0.4, -0.2) is 10.9 Å². The summed E-state index contributed by atoms with van der Waals surface area (Å²) in [5, 5.41) is 2.73. The van der Waals surface area contributed by atoms with Gasteiger partial charge in [-0.3, -0.25) is 9.59 Å². The molecule has 0 radical (unpaired) electrons. The number of aryl methyl sites for hydroxylation is 2. The molecule has 4 nitrogen and oxygen atoms in total. The van der Waals surface area contributed by atoms with Crippen molar-refractivity contribution in [3.63, 3.8) is 0 Å². The Bertz CT molecular complexity index is 659. The second-order valence-electron chi connectivity index (χ2n) is 4.40. The monoisotopic (exact) mass is 256 g/mol. The molecule has 1 amide bonds. The number of aromatic amines is 1. The highest BCUT2D eigenvalue weighted by molar-refractivity contribution is 6.04. The first-order chi connectivity index (χ1) is 9.10. The molecule has 98 valence electrons. The number of hydrogen-bond donors (Lipinski definition) is 2. The number of carbonyl (C=O) groups is 1. The average molecular weight is 256 g/mol. The number of nitrogens with one attached hydrogen (secondary N) is 2. The van der Waals surface area contributed by atoms with Crippen LogP contribution in [0.5, 0.6) is 0 Å². The van der Waals surface area contributed by atoms with Crippen LogP contribution in [0.4, 0.5) is 5.69 Å². The third kappa shape index (κ3) is 3.10. The summed E-state index contributed by atoms with van der Waals surface area (Å²) in [7, 11) is 0. The number of rotatable bonds is 3. The topological polar surface area (TPSA) is 62.0 Å². The molecule has 0 fully saturated rings. The Morgan fingerprint density at radius 2 is 2.11 bits per heavy atom. The quantitative estimate of drug-likeness (QED) is 0.886. The maximum absolute atomic E-state index is 12.0. The van der Waals surface area contributed by atoms with Gasteiger partial charge in [0.1, 0.15) is 5.56 Å². The van der Waals surface area contributed by atoms with E-state index < -0.39 is 5.91 Å². The molecule has 0 saturated heterocycles. The number of amides is 1. The second-order valence-corrected chi connectivity index (χ2v) is 4.40. The molecule has 2 rings (SSSR count). The van der Waals surface area contributed by atoms with Gasteiger partial charge in [0.25, 0.3) is 5.91 Å². The molecule has 0 atom stereocenters. The van der Waals surface area contributed by atoms with Crippen LogP contribution < -0.4 is 10.7 Å². The summed E-state index contributed by atoms with van der Waals surface area (Å²) in [6.07, 6.45) is 2.34. The molecule has 0 aliphatic carbocycles. The molecule has 2 aromatic rings. The lowest BCUT2D eigenvalue weighted by molar-refractivity contribution is 0.102. The van der Waals surface area contributed by atoms with Gasteiger partial charge in [0.05, 0.1) is 0 Å². The van der Waals surface area contributed by atoms with Gasteiger partial charge in [0.15, 0.2) is 5.43 Å². The van der Waals surface area contributed by atoms with Gasteiger partial charge in [-0.05, 0) is 31.0 Å². The lowest BCUT2D eigenvalue weighted by Gasteiger charge is -2.06. The summed E-state index contributed by atoms with van der Waals surface area (Å²) in [4.78, 5) is 26.6. The van der Waals surface area contributed by atoms with E-state index in [0.717, 1.165) is 17.7 Å². The van der Waals surface area contributed by atoms with Gasteiger partial charge >= 0.3 is 0 Å². The molecular weight excluding hydrogens is 240 g/mol. The fourth-order valence-electron chi connectivity index (χ4n) is 1.82. The molecule has 4 heteroatoms. The molecule has 0 aliphatic heterocycles. The van der Waals surface area contributed by atoms with Crippen LogP contribution in [0.3, 0.4) is 0 Å². The van der Waals surface area contributed by atoms with Crippen molar-refractivity contribution < 1.29 is 4.79 Å². The normalized spacial score (nSPS) is 10.2. The molecule has 0 aliphatic rings. The third-order valence-electron chi connectivity index (χ3n) is 2.89. The van der Waals surface area contributed by atoms with Crippen LogP contribution in [0.25, 0.3) is 0 Å². The molecule has 0 unspecified atom stereocenters. The predicted molar refractivity (Wildman–Crippen MR) is 75.6 cm³/mol. The Hall–Kier alpha value is -2.36. The zero-order chi connectivity index (χ0) is 13.8. The molecule has 0 bridgehead atoms. The van der Waals surface area contributed by atoms with Crippen molar-refractivity contribution in [1.82, 2.24) is 4.98 Å². The van der Waals surface area contributed by atoms with Crippen molar-refractivity contribution in [3.8, 4) is 0 Å². The highest BCUT2D eigenvalue weighted by Gasteiger charge is 2.10. The van der Waals surface area contributed by atoms with E-state index >= 15 is 0 Å². The van der Waals surface area contributed by atoms with Crippen LogP contribution in [0.15, 0.2) is 41.3 Å². The molecular formula is C15H16N2O2. The fourth-order valence-corrected chi connectivity index (χ4v) is 1.82. The van der Waals surface area contributed by atoms with Gasteiger partial charge in [-0.25, -0.2) is 0 Å². The summed E-state index contributed by atoms with van der Waals surface area (Å²) in [5.74, 6) is -0.394. The summed E-state index contributed by atoms with van der Waals surface area (Å²) < 4.78 is 0. The van der Waals surface area contributed by atoms with Crippen molar-refractivity contribution in [1.29, 1.82) is 0 Å². The van der Waals surface area contributed by atoms with E-state index in [1.807, 2.05) is 25.1 Å². The first kappa shape index (κ1) is 13.1. The summed E-state index contributed by atoms with van der Waals surface area (Å²) in [5.41, 5.74) is 2.40. The minimum atomic E-state index is -0.394. The van der Waals surface area contributed by atoms with Gasteiger partial charge in [0.2, 0.25) is 0 Å². The van der Waals surface area contributed by atoms with E-state index in [1.165, 1.54) is 12.3 Å². The number of hydrogen-bond acceptors (Lipinski definition) is 2. The number of anilines is 1. The number of H-pyrrole nitrogens is 1. The third-order valence-corrected chi connectivity index (χ3v) is 2.89. The predicted octanol–water partition coefficient (Wildman–Crippen LogP) is 2.50. The van der Waals surface area contributed by atoms with E-state index in [1.54, 1.807) is 13.0 Å². The standard InChI is InChI=1S/C15H16N2O2/c1-3-11-5-4-6-12(8-11)17-15(19)13-9-16-10(2)7-14(13)18/h4-9H,3H2,1-2H3,(H,16,18)(H,17,19). The van der Waals surface area contributed by atoms with Crippen LogP contribution in [0.2, 0.25) is 0 Å². The first-order valence-electron chi connectivity index (χ1n) is 6.19. The van der Waals surface area contributed by atoms with E-state index in [9.17, 15) is 9.59 Å². The van der Waals surface area contributed by atoms with Crippen molar-refractivity contribution in [3.05, 3.63) is 63.6 Å². The second kappa shape index (κ2) is 5.52. The maximum Gasteiger partial charge on any atom is 0.261 e. The Morgan fingerprint density at radius 3 is 2.79 bits per heavy atom. The molecule has 2 N–H and O–H groups in total. The summed E-state index contributed by atoms with van der Waals surface area (Å²) >= 11 is 0. The maximum atomic E-state index is 12.0. The van der Waals surface area contributed by atoms with Gasteiger partial charge in [0, 0.05) is 23.6 Å². The SMILES string of the molecule is CCc1cccc(NC(=O)c2c[nH]c(C)cc2=O)c1. The summed E-state index contributed by atoms with van der Waals surface area (Å²) in [6, 6.07) is 9.00. The molecule has 1 aromatic heterocycles. The van der Waals surface area contributed by atoms with Crippen molar-refractivity contribution in [2.24, 2.45) is 0 Å². The Labute approximate surface area is 111 Å². The number of benzene rings is 1. The summed E-state index contributed by atoms with van der Waals surface area (Å²) in [6.45, 7) is 3.82. The highest BCUT2D eigenvalue weighted by Crippen LogP contribution is 2.11. The molecule has 0 saturated carbocycles. The van der Waals surface area contributed by atoms with Crippen LogP contribution in [-0.2, 0) is 6.42 Å². The number of aromatic nitrogens is 1. The molecule has 0 spiro atoms. The van der Waals surface area contributed by atoms with Crippen LogP contribution in [0, 0.1) is 6.92 Å². The Kier molecular flexibility index (Phi) is 3.80. The average Bonchev–Trinajstić information content (AvgIpc) is 2.38. The number of carbonyl (C=O) groups excluding carboxylic acids is 1. The molecule has 1 aromatic carbocycles. The van der Waals surface area contributed by atoms with E-state index in [4.69, 9.17) is 0 Å². The van der Waals surface area contributed by atoms with E-state index in [-0.39, 0.29) is 11.0 Å².